The molecule has 100 valence electrons. The van der Waals surface area contributed by atoms with Gasteiger partial charge in [-0.15, -0.1) is 0 Å². The molecular weight excluding hydrogens is 220 g/mol. The van der Waals surface area contributed by atoms with Gasteiger partial charge in [0, 0.05) is 18.6 Å². The fourth-order valence-corrected chi connectivity index (χ4v) is 3.36. The molecule has 3 unspecified atom stereocenters. The lowest BCUT2D eigenvalue weighted by atomic mass is 9.88. The van der Waals surface area contributed by atoms with Gasteiger partial charge in [-0.2, -0.15) is 0 Å². The molecule has 0 aliphatic carbocycles. The number of piperidine rings is 1. The van der Waals surface area contributed by atoms with Gasteiger partial charge in [0.25, 0.3) is 0 Å². The van der Waals surface area contributed by atoms with Crippen molar-refractivity contribution < 1.29 is 0 Å². The quantitative estimate of drug-likeness (QED) is 0.888. The van der Waals surface area contributed by atoms with Crippen molar-refractivity contribution >= 4 is 0 Å². The highest BCUT2D eigenvalue weighted by molar-refractivity contribution is 5.28. The normalized spacial score (nSPS) is 27.1. The van der Waals surface area contributed by atoms with Crippen LogP contribution in [0.4, 0.5) is 0 Å². The summed E-state index contributed by atoms with van der Waals surface area (Å²) in [7, 11) is 0. The Bertz CT molecular complexity index is 388. The summed E-state index contributed by atoms with van der Waals surface area (Å²) in [5.74, 6) is 0.718. The number of likely N-dealkylation sites (tertiary alicyclic amines) is 1. The molecule has 2 rings (SSSR count). The van der Waals surface area contributed by atoms with Crippen molar-refractivity contribution in [1.82, 2.24) is 4.90 Å². The van der Waals surface area contributed by atoms with Gasteiger partial charge >= 0.3 is 0 Å². The van der Waals surface area contributed by atoms with Gasteiger partial charge in [-0.25, -0.2) is 0 Å². The molecule has 2 heteroatoms. The number of hydrogen-bond donors (Lipinski definition) is 1. The minimum absolute atomic E-state index is 0.475. The van der Waals surface area contributed by atoms with Crippen LogP contribution in [0.25, 0.3) is 0 Å². The summed E-state index contributed by atoms with van der Waals surface area (Å²) in [5, 5.41) is 0. The van der Waals surface area contributed by atoms with Crippen LogP contribution in [-0.2, 0) is 0 Å². The van der Waals surface area contributed by atoms with E-state index in [4.69, 9.17) is 5.73 Å². The van der Waals surface area contributed by atoms with Crippen LogP contribution in [0.3, 0.4) is 0 Å². The van der Waals surface area contributed by atoms with Crippen molar-refractivity contribution in [1.29, 1.82) is 0 Å². The van der Waals surface area contributed by atoms with Crippen LogP contribution in [0.1, 0.15) is 43.9 Å². The summed E-state index contributed by atoms with van der Waals surface area (Å²) in [6.45, 7) is 8.83. The molecule has 1 saturated heterocycles. The molecule has 1 heterocycles. The Labute approximate surface area is 111 Å². The van der Waals surface area contributed by atoms with Gasteiger partial charge < -0.3 is 5.73 Å². The van der Waals surface area contributed by atoms with E-state index in [0.717, 1.165) is 12.5 Å². The van der Waals surface area contributed by atoms with Crippen LogP contribution in [0.2, 0.25) is 0 Å². The largest absolute Gasteiger partial charge is 0.329 e. The third-order valence-corrected chi connectivity index (χ3v) is 4.54. The first-order valence-corrected chi connectivity index (χ1v) is 7.16. The van der Waals surface area contributed by atoms with E-state index in [1.807, 2.05) is 0 Å². The molecule has 1 aromatic carbocycles. The number of benzene rings is 1. The van der Waals surface area contributed by atoms with Crippen LogP contribution in [0.15, 0.2) is 24.3 Å². The zero-order valence-electron chi connectivity index (χ0n) is 11.9. The summed E-state index contributed by atoms with van der Waals surface area (Å²) >= 11 is 0. The highest BCUT2D eigenvalue weighted by Crippen LogP contribution is 2.32. The van der Waals surface area contributed by atoms with Gasteiger partial charge in [-0.3, -0.25) is 4.90 Å². The zero-order valence-corrected chi connectivity index (χ0v) is 11.9. The molecule has 0 bridgehead atoms. The Kier molecular flexibility index (Phi) is 4.41. The maximum Gasteiger partial charge on any atom is 0.0326 e. The minimum atomic E-state index is 0.475. The molecule has 0 saturated carbocycles. The number of rotatable bonds is 3. The first kappa shape index (κ1) is 13.6. The van der Waals surface area contributed by atoms with E-state index in [1.165, 1.54) is 30.5 Å². The van der Waals surface area contributed by atoms with Crippen molar-refractivity contribution in [2.45, 2.75) is 45.7 Å². The molecule has 1 aliphatic rings. The predicted molar refractivity (Wildman–Crippen MR) is 77.5 cm³/mol. The van der Waals surface area contributed by atoms with E-state index >= 15 is 0 Å². The highest BCUT2D eigenvalue weighted by atomic mass is 15.2. The van der Waals surface area contributed by atoms with Gasteiger partial charge in [-0.05, 0) is 50.3 Å². The van der Waals surface area contributed by atoms with Crippen molar-refractivity contribution in [3.63, 3.8) is 0 Å². The van der Waals surface area contributed by atoms with Gasteiger partial charge in [0.2, 0.25) is 0 Å². The topological polar surface area (TPSA) is 29.3 Å². The van der Waals surface area contributed by atoms with E-state index in [0.29, 0.717) is 12.1 Å². The van der Waals surface area contributed by atoms with Crippen LogP contribution in [0.5, 0.6) is 0 Å². The van der Waals surface area contributed by atoms with Crippen molar-refractivity contribution in [2.24, 2.45) is 11.7 Å². The summed E-state index contributed by atoms with van der Waals surface area (Å²) in [6, 6.07) is 9.73. The summed E-state index contributed by atoms with van der Waals surface area (Å²) < 4.78 is 0. The van der Waals surface area contributed by atoms with Gasteiger partial charge in [0.05, 0.1) is 0 Å². The summed E-state index contributed by atoms with van der Waals surface area (Å²) in [5.41, 5.74) is 8.83. The maximum absolute atomic E-state index is 6.00. The molecule has 0 aromatic heterocycles. The van der Waals surface area contributed by atoms with E-state index in [2.05, 4.69) is 49.9 Å². The Morgan fingerprint density at radius 3 is 2.78 bits per heavy atom. The lowest BCUT2D eigenvalue weighted by Crippen LogP contribution is -2.49. The molecule has 0 spiro atoms. The molecule has 18 heavy (non-hydrogen) atoms. The zero-order chi connectivity index (χ0) is 13.1. The Morgan fingerprint density at radius 1 is 1.39 bits per heavy atom. The Balaban J connectivity index is 2.21. The van der Waals surface area contributed by atoms with Gasteiger partial charge in [0.1, 0.15) is 0 Å². The van der Waals surface area contributed by atoms with Gasteiger partial charge in [-0.1, -0.05) is 31.2 Å². The standard InChI is InChI=1S/C16H26N2/c1-12-7-4-5-9-15(12)14(3)18-10-6-8-13(2)16(18)11-17/h4-5,7,9,13-14,16H,6,8,10-11,17H2,1-3H3. The number of aryl methyl sites for hydroxylation is 1. The fourth-order valence-electron chi connectivity index (χ4n) is 3.36. The lowest BCUT2D eigenvalue weighted by Gasteiger charge is -2.43. The van der Waals surface area contributed by atoms with E-state index in [-0.39, 0.29) is 0 Å². The fraction of sp³-hybridized carbons (Fsp3) is 0.625. The molecule has 3 atom stereocenters. The van der Waals surface area contributed by atoms with Crippen LogP contribution in [-0.4, -0.2) is 24.0 Å². The smallest absolute Gasteiger partial charge is 0.0326 e. The average Bonchev–Trinajstić information content (AvgIpc) is 2.38. The molecule has 2 nitrogen and oxygen atoms in total. The third kappa shape index (κ3) is 2.60. The molecule has 2 N–H and O–H groups in total. The average molecular weight is 246 g/mol. The Morgan fingerprint density at radius 2 is 2.11 bits per heavy atom. The van der Waals surface area contributed by atoms with E-state index < -0.39 is 0 Å². The number of hydrogen-bond acceptors (Lipinski definition) is 2. The van der Waals surface area contributed by atoms with Crippen molar-refractivity contribution in [2.75, 3.05) is 13.1 Å². The molecule has 1 aliphatic heterocycles. The second-order valence-electron chi connectivity index (χ2n) is 5.69. The Hall–Kier alpha value is -0.860. The first-order chi connectivity index (χ1) is 8.65. The lowest BCUT2D eigenvalue weighted by molar-refractivity contribution is 0.0687. The van der Waals surface area contributed by atoms with Crippen LogP contribution >= 0.6 is 0 Å². The van der Waals surface area contributed by atoms with E-state index in [9.17, 15) is 0 Å². The molecule has 1 aromatic rings. The number of nitrogens with zero attached hydrogens (tertiary/aromatic N) is 1. The molecule has 0 amide bonds. The monoisotopic (exact) mass is 246 g/mol. The van der Waals surface area contributed by atoms with Crippen LogP contribution < -0.4 is 5.73 Å². The minimum Gasteiger partial charge on any atom is -0.329 e. The molecule has 0 radical (unpaired) electrons. The predicted octanol–water partition coefficient (Wildman–Crippen LogP) is 3.12. The van der Waals surface area contributed by atoms with Crippen LogP contribution in [0, 0.1) is 12.8 Å². The second kappa shape index (κ2) is 5.85. The van der Waals surface area contributed by atoms with Crippen molar-refractivity contribution in [3.8, 4) is 0 Å². The van der Waals surface area contributed by atoms with Gasteiger partial charge in [0.15, 0.2) is 0 Å². The summed E-state index contributed by atoms with van der Waals surface area (Å²) in [6.07, 6.45) is 2.62. The number of nitrogens with two attached hydrogens (primary N) is 1. The van der Waals surface area contributed by atoms with E-state index in [1.54, 1.807) is 0 Å². The second-order valence-corrected chi connectivity index (χ2v) is 5.69. The third-order valence-electron chi connectivity index (χ3n) is 4.54. The molecular formula is C16H26N2. The SMILES string of the molecule is Cc1ccccc1C(C)N1CCCC(C)C1CN. The van der Waals surface area contributed by atoms with Crippen molar-refractivity contribution in [3.05, 3.63) is 35.4 Å². The summed E-state index contributed by atoms with van der Waals surface area (Å²) in [4.78, 5) is 2.61. The molecule has 1 fully saturated rings. The first-order valence-electron chi connectivity index (χ1n) is 7.16. The highest BCUT2D eigenvalue weighted by Gasteiger charge is 2.31. The maximum atomic E-state index is 6.00.